The third kappa shape index (κ3) is 2.07. The van der Waals surface area contributed by atoms with Gasteiger partial charge in [0.15, 0.2) is 0 Å². The Morgan fingerprint density at radius 3 is 3.18 bits per heavy atom. The molecular formula is C12H18N4O. The molecule has 0 radical (unpaired) electrons. The first-order valence-electron chi connectivity index (χ1n) is 6.37. The van der Waals surface area contributed by atoms with E-state index < -0.39 is 0 Å². The normalized spacial score (nSPS) is 24.5. The highest BCUT2D eigenvalue weighted by Gasteiger charge is 2.28. The summed E-state index contributed by atoms with van der Waals surface area (Å²) in [5.41, 5.74) is 0. The van der Waals surface area contributed by atoms with Gasteiger partial charge in [0.25, 0.3) is 0 Å². The number of carbonyl (C=O) groups is 1. The van der Waals surface area contributed by atoms with Crippen molar-refractivity contribution in [2.45, 2.75) is 38.4 Å². The van der Waals surface area contributed by atoms with E-state index in [1.54, 1.807) is 0 Å². The van der Waals surface area contributed by atoms with Crippen molar-refractivity contribution in [3.63, 3.8) is 0 Å². The average Bonchev–Trinajstić information content (AvgIpc) is 2.86. The number of amides is 1. The second kappa shape index (κ2) is 4.49. The molecule has 1 aromatic heterocycles. The SMILES string of the molecule is O=C([C@H]1CCCCN1)N1CCn2ccnc2C1. The van der Waals surface area contributed by atoms with Crippen molar-refractivity contribution in [1.82, 2.24) is 19.8 Å². The summed E-state index contributed by atoms with van der Waals surface area (Å²) in [5.74, 6) is 1.25. The maximum atomic E-state index is 12.3. The molecule has 0 unspecified atom stereocenters. The van der Waals surface area contributed by atoms with Gasteiger partial charge in [0.05, 0.1) is 12.6 Å². The number of rotatable bonds is 1. The highest BCUT2D eigenvalue weighted by Crippen LogP contribution is 2.15. The van der Waals surface area contributed by atoms with Gasteiger partial charge in [0.2, 0.25) is 5.91 Å². The van der Waals surface area contributed by atoms with E-state index in [1.165, 1.54) is 6.42 Å². The second-order valence-corrected chi connectivity index (χ2v) is 4.80. The van der Waals surface area contributed by atoms with Gasteiger partial charge in [-0.2, -0.15) is 0 Å². The molecule has 0 saturated carbocycles. The molecular weight excluding hydrogens is 216 g/mol. The van der Waals surface area contributed by atoms with Crippen LogP contribution in [0.3, 0.4) is 0 Å². The van der Waals surface area contributed by atoms with Gasteiger partial charge < -0.3 is 14.8 Å². The van der Waals surface area contributed by atoms with E-state index >= 15 is 0 Å². The summed E-state index contributed by atoms with van der Waals surface area (Å²) >= 11 is 0. The van der Waals surface area contributed by atoms with Crippen LogP contribution in [-0.4, -0.2) is 39.5 Å². The summed E-state index contributed by atoms with van der Waals surface area (Å²) in [6.45, 7) is 3.30. The molecule has 1 amide bonds. The fourth-order valence-corrected chi connectivity index (χ4v) is 2.64. The molecule has 5 heteroatoms. The van der Waals surface area contributed by atoms with Crippen molar-refractivity contribution in [2.24, 2.45) is 0 Å². The molecule has 2 aliphatic rings. The minimum atomic E-state index is 0.0327. The molecule has 1 atom stereocenters. The summed E-state index contributed by atoms with van der Waals surface area (Å²) in [6.07, 6.45) is 7.11. The van der Waals surface area contributed by atoms with Crippen LogP contribution in [0, 0.1) is 0 Å². The Hall–Kier alpha value is -1.36. The van der Waals surface area contributed by atoms with Crippen LogP contribution < -0.4 is 5.32 Å². The lowest BCUT2D eigenvalue weighted by atomic mass is 10.0. The molecule has 1 fully saturated rings. The molecule has 0 bridgehead atoms. The number of hydrogen-bond donors (Lipinski definition) is 1. The summed E-state index contributed by atoms with van der Waals surface area (Å²) in [4.78, 5) is 18.5. The third-order valence-electron chi connectivity index (χ3n) is 3.66. The molecule has 1 saturated heterocycles. The Kier molecular flexibility index (Phi) is 2.84. The lowest BCUT2D eigenvalue weighted by Crippen LogP contribution is -2.50. The first-order chi connectivity index (χ1) is 8.34. The standard InChI is InChI=1S/C12H18N4O/c17-12(10-3-1-2-4-13-10)16-8-7-15-6-5-14-11(15)9-16/h5-6,10,13H,1-4,7-9H2/t10-/m1/s1. The molecule has 1 N–H and O–H groups in total. The van der Waals surface area contributed by atoms with Crippen molar-refractivity contribution in [1.29, 1.82) is 0 Å². The maximum Gasteiger partial charge on any atom is 0.240 e. The van der Waals surface area contributed by atoms with Crippen LogP contribution in [0.2, 0.25) is 0 Å². The predicted octanol–water partition coefficient (Wildman–Crippen LogP) is 0.367. The molecule has 1 aromatic rings. The van der Waals surface area contributed by atoms with E-state index in [0.29, 0.717) is 6.54 Å². The Morgan fingerprint density at radius 1 is 1.41 bits per heavy atom. The number of hydrogen-bond acceptors (Lipinski definition) is 3. The number of nitrogens with one attached hydrogen (secondary N) is 1. The van der Waals surface area contributed by atoms with Crippen LogP contribution in [0.5, 0.6) is 0 Å². The Bertz CT molecular complexity index is 408. The first-order valence-corrected chi connectivity index (χ1v) is 6.37. The van der Waals surface area contributed by atoms with Crippen molar-refractivity contribution in [3.05, 3.63) is 18.2 Å². The van der Waals surface area contributed by atoms with Gasteiger partial charge in [-0.15, -0.1) is 0 Å². The largest absolute Gasteiger partial charge is 0.332 e. The van der Waals surface area contributed by atoms with Crippen LogP contribution in [0.25, 0.3) is 0 Å². The highest BCUT2D eigenvalue weighted by atomic mass is 16.2. The van der Waals surface area contributed by atoms with Gasteiger partial charge in [-0.05, 0) is 19.4 Å². The second-order valence-electron chi connectivity index (χ2n) is 4.80. The van der Waals surface area contributed by atoms with Gasteiger partial charge in [-0.3, -0.25) is 4.79 Å². The molecule has 3 heterocycles. The van der Waals surface area contributed by atoms with Gasteiger partial charge in [-0.1, -0.05) is 6.42 Å². The van der Waals surface area contributed by atoms with Crippen molar-refractivity contribution >= 4 is 5.91 Å². The quantitative estimate of drug-likeness (QED) is 0.763. The lowest BCUT2D eigenvalue weighted by Gasteiger charge is -2.32. The summed E-state index contributed by atoms with van der Waals surface area (Å²) in [5, 5.41) is 3.32. The first kappa shape index (κ1) is 10.8. The van der Waals surface area contributed by atoms with E-state index in [9.17, 15) is 4.79 Å². The van der Waals surface area contributed by atoms with Crippen LogP contribution in [0.4, 0.5) is 0 Å². The topological polar surface area (TPSA) is 50.2 Å². The van der Waals surface area contributed by atoms with Gasteiger partial charge in [0.1, 0.15) is 5.82 Å². The number of aromatic nitrogens is 2. The molecule has 2 aliphatic heterocycles. The average molecular weight is 234 g/mol. The number of piperidine rings is 1. The van der Waals surface area contributed by atoms with Crippen LogP contribution in [-0.2, 0) is 17.9 Å². The Labute approximate surface area is 101 Å². The van der Waals surface area contributed by atoms with E-state index in [-0.39, 0.29) is 11.9 Å². The molecule has 17 heavy (non-hydrogen) atoms. The monoisotopic (exact) mass is 234 g/mol. The minimum absolute atomic E-state index is 0.0327. The summed E-state index contributed by atoms with van der Waals surface area (Å²) in [7, 11) is 0. The van der Waals surface area contributed by atoms with Crippen LogP contribution in [0.15, 0.2) is 12.4 Å². The third-order valence-corrected chi connectivity index (χ3v) is 3.66. The zero-order valence-corrected chi connectivity index (χ0v) is 9.93. The van der Waals surface area contributed by atoms with Crippen molar-refractivity contribution in [2.75, 3.05) is 13.1 Å². The Morgan fingerprint density at radius 2 is 2.35 bits per heavy atom. The van der Waals surface area contributed by atoms with Crippen molar-refractivity contribution < 1.29 is 4.79 Å². The smallest absolute Gasteiger partial charge is 0.240 e. The zero-order valence-electron chi connectivity index (χ0n) is 9.93. The predicted molar refractivity (Wildman–Crippen MR) is 63.3 cm³/mol. The highest BCUT2D eigenvalue weighted by molar-refractivity contribution is 5.82. The summed E-state index contributed by atoms with van der Waals surface area (Å²) < 4.78 is 2.12. The number of imidazole rings is 1. The van der Waals surface area contributed by atoms with E-state index in [1.807, 2.05) is 17.3 Å². The van der Waals surface area contributed by atoms with Crippen LogP contribution in [0.1, 0.15) is 25.1 Å². The molecule has 5 nitrogen and oxygen atoms in total. The number of carbonyl (C=O) groups excluding carboxylic acids is 1. The molecule has 3 rings (SSSR count). The van der Waals surface area contributed by atoms with E-state index in [0.717, 1.165) is 38.3 Å². The molecule has 92 valence electrons. The maximum absolute atomic E-state index is 12.3. The Balaban J connectivity index is 1.67. The lowest BCUT2D eigenvalue weighted by molar-refractivity contribution is -0.135. The van der Waals surface area contributed by atoms with E-state index in [2.05, 4.69) is 14.9 Å². The van der Waals surface area contributed by atoms with Crippen LogP contribution >= 0.6 is 0 Å². The molecule has 0 aromatic carbocycles. The van der Waals surface area contributed by atoms with E-state index in [4.69, 9.17) is 0 Å². The molecule has 0 spiro atoms. The van der Waals surface area contributed by atoms with Gasteiger partial charge in [0, 0.05) is 25.5 Å². The number of fused-ring (bicyclic) bond motifs is 1. The molecule has 0 aliphatic carbocycles. The van der Waals surface area contributed by atoms with Crippen molar-refractivity contribution in [3.8, 4) is 0 Å². The van der Waals surface area contributed by atoms with Gasteiger partial charge >= 0.3 is 0 Å². The summed E-state index contributed by atoms with van der Waals surface area (Å²) in [6, 6.07) is 0.0327. The number of nitrogens with zero attached hydrogens (tertiary/aromatic N) is 3. The van der Waals surface area contributed by atoms with Gasteiger partial charge in [-0.25, -0.2) is 4.98 Å². The minimum Gasteiger partial charge on any atom is -0.332 e. The fraction of sp³-hybridized carbons (Fsp3) is 0.667. The fourth-order valence-electron chi connectivity index (χ4n) is 2.64. The zero-order chi connectivity index (χ0) is 11.7.